The van der Waals surface area contributed by atoms with Crippen LogP contribution in [0.25, 0.3) is 0 Å². The third kappa shape index (κ3) is 4.02. The highest BCUT2D eigenvalue weighted by Crippen LogP contribution is 2.25. The predicted octanol–water partition coefficient (Wildman–Crippen LogP) is 2.93. The fraction of sp³-hybridized carbons (Fsp3) is 0.467. The average Bonchev–Trinajstić information content (AvgIpc) is 2.47. The van der Waals surface area contributed by atoms with Crippen molar-refractivity contribution in [2.45, 2.75) is 25.8 Å². The van der Waals surface area contributed by atoms with Crippen molar-refractivity contribution in [1.82, 2.24) is 5.32 Å². The van der Waals surface area contributed by atoms with Gasteiger partial charge in [-0.1, -0.05) is 11.6 Å². The standard InChI is InChI=1S/C15H18ClN3O2/c1-2-21-15(20)18-12-4-3-7-19(10-12)13-6-5-11(9-17)14(16)8-13/h5-6,8,12H,2-4,7,10H2,1H3,(H,18,20). The summed E-state index contributed by atoms with van der Waals surface area (Å²) in [5.74, 6) is 0. The molecule has 6 heteroatoms. The summed E-state index contributed by atoms with van der Waals surface area (Å²) >= 11 is 6.07. The molecule has 1 saturated heterocycles. The first-order valence-corrected chi connectivity index (χ1v) is 7.39. The molecule has 1 N–H and O–H groups in total. The van der Waals surface area contributed by atoms with E-state index in [4.69, 9.17) is 21.6 Å². The molecule has 21 heavy (non-hydrogen) atoms. The van der Waals surface area contributed by atoms with Crippen LogP contribution >= 0.6 is 11.6 Å². The third-order valence-electron chi connectivity index (χ3n) is 3.46. The molecular formula is C15H18ClN3O2. The lowest BCUT2D eigenvalue weighted by Gasteiger charge is -2.34. The van der Waals surface area contributed by atoms with Crippen LogP contribution in [-0.2, 0) is 4.74 Å². The molecule has 0 saturated carbocycles. The largest absolute Gasteiger partial charge is 0.450 e. The Hall–Kier alpha value is -1.93. The van der Waals surface area contributed by atoms with Gasteiger partial charge in [0, 0.05) is 24.8 Å². The molecule has 0 aromatic heterocycles. The molecule has 1 amide bonds. The number of nitriles is 1. The van der Waals surface area contributed by atoms with E-state index < -0.39 is 0 Å². The Balaban J connectivity index is 2.02. The van der Waals surface area contributed by atoms with Crippen LogP contribution in [0.1, 0.15) is 25.3 Å². The second kappa shape index (κ2) is 7.19. The summed E-state index contributed by atoms with van der Waals surface area (Å²) in [6.07, 6.45) is 1.54. The summed E-state index contributed by atoms with van der Waals surface area (Å²) in [6.45, 7) is 3.77. The Morgan fingerprint density at radius 1 is 1.62 bits per heavy atom. The van der Waals surface area contributed by atoms with Gasteiger partial charge in [0.2, 0.25) is 0 Å². The maximum Gasteiger partial charge on any atom is 0.407 e. The summed E-state index contributed by atoms with van der Waals surface area (Å²) in [4.78, 5) is 13.6. The van der Waals surface area contributed by atoms with Crippen LogP contribution < -0.4 is 10.2 Å². The van der Waals surface area contributed by atoms with Gasteiger partial charge in [0.05, 0.1) is 17.2 Å². The van der Waals surface area contributed by atoms with Gasteiger partial charge < -0.3 is 15.0 Å². The van der Waals surface area contributed by atoms with Crippen LogP contribution in [0.3, 0.4) is 0 Å². The van der Waals surface area contributed by atoms with Crippen LogP contribution in [0, 0.1) is 11.3 Å². The number of carbonyl (C=O) groups excluding carboxylic acids is 1. The van der Waals surface area contributed by atoms with E-state index in [0.717, 1.165) is 25.1 Å². The van der Waals surface area contributed by atoms with Gasteiger partial charge in [0.1, 0.15) is 6.07 Å². The van der Waals surface area contributed by atoms with Crippen LogP contribution in [0.15, 0.2) is 18.2 Å². The molecular weight excluding hydrogens is 290 g/mol. The van der Waals surface area contributed by atoms with Crippen LogP contribution in [0.4, 0.5) is 10.5 Å². The van der Waals surface area contributed by atoms with Gasteiger partial charge in [0.15, 0.2) is 0 Å². The molecule has 1 atom stereocenters. The van der Waals surface area contributed by atoms with Gasteiger partial charge in [-0.15, -0.1) is 0 Å². The van der Waals surface area contributed by atoms with E-state index in [-0.39, 0.29) is 12.1 Å². The molecule has 5 nitrogen and oxygen atoms in total. The Labute approximate surface area is 129 Å². The maximum atomic E-state index is 11.5. The molecule has 0 spiro atoms. The average molecular weight is 308 g/mol. The molecule has 1 unspecified atom stereocenters. The minimum absolute atomic E-state index is 0.0622. The smallest absolute Gasteiger partial charge is 0.407 e. The number of ether oxygens (including phenoxy) is 1. The van der Waals surface area contributed by atoms with Gasteiger partial charge in [0.25, 0.3) is 0 Å². The fourth-order valence-electron chi connectivity index (χ4n) is 2.46. The van der Waals surface area contributed by atoms with Gasteiger partial charge in [-0.2, -0.15) is 5.26 Å². The summed E-state index contributed by atoms with van der Waals surface area (Å²) in [6, 6.07) is 7.52. The number of halogens is 1. The van der Waals surface area contributed by atoms with E-state index in [1.807, 2.05) is 6.07 Å². The highest BCUT2D eigenvalue weighted by atomic mass is 35.5. The molecule has 1 fully saturated rings. The molecule has 1 aromatic carbocycles. The molecule has 1 heterocycles. The van der Waals surface area contributed by atoms with Crippen molar-refractivity contribution in [1.29, 1.82) is 5.26 Å². The van der Waals surface area contributed by atoms with Gasteiger partial charge in [-0.25, -0.2) is 4.79 Å². The SMILES string of the molecule is CCOC(=O)NC1CCCN(c2ccc(C#N)c(Cl)c2)C1. The zero-order valence-corrected chi connectivity index (χ0v) is 12.7. The van der Waals surface area contributed by atoms with Crippen molar-refractivity contribution >= 4 is 23.4 Å². The second-order valence-electron chi connectivity index (χ2n) is 4.93. The first kappa shape index (κ1) is 15.5. The molecule has 2 rings (SSSR count). The minimum Gasteiger partial charge on any atom is -0.450 e. The molecule has 0 bridgehead atoms. The quantitative estimate of drug-likeness (QED) is 0.932. The van der Waals surface area contributed by atoms with E-state index in [2.05, 4.69) is 16.3 Å². The summed E-state index contributed by atoms with van der Waals surface area (Å²) in [5.41, 5.74) is 1.44. The van der Waals surface area contributed by atoms with E-state index in [1.54, 1.807) is 19.1 Å². The number of nitrogens with one attached hydrogen (secondary N) is 1. The molecule has 112 valence electrons. The summed E-state index contributed by atoms with van der Waals surface area (Å²) < 4.78 is 4.91. The highest BCUT2D eigenvalue weighted by Gasteiger charge is 2.22. The number of piperidine rings is 1. The van der Waals surface area contributed by atoms with E-state index in [0.29, 0.717) is 23.7 Å². The number of carbonyl (C=O) groups is 1. The Bertz CT molecular complexity index is 556. The predicted molar refractivity (Wildman–Crippen MR) is 81.6 cm³/mol. The molecule has 1 aliphatic heterocycles. The Morgan fingerprint density at radius 3 is 3.10 bits per heavy atom. The Morgan fingerprint density at radius 2 is 2.43 bits per heavy atom. The highest BCUT2D eigenvalue weighted by molar-refractivity contribution is 6.32. The lowest BCUT2D eigenvalue weighted by Crippen LogP contribution is -2.48. The normalized spacial score (nSPS) is 18.0. The number of anilines is 1. The molecule has 0 radical (unpaired) electrons. The number of nitrogens with zero attached hydrogens (tertiary/aromatic N) is 2. The monoisotopic (exact) mass is 307 g/mol. The first-order valence-electron chi connectivity index (χ1n) is 7.02. The van der Waals surface area contributed by atoms with Crippen molar-refractivity contribution in [3.63, 3.8) is 0 Å². The van der Waals surface area contributed by atoms with E-state index in [9.17, 15) is 4.79 Å². The van der Waals surface area contributed by atoms with E-state index >= 15 is 0 Å². The lowest BCUT2D eigenvalue weighted by atomic mass is 10.0. The Kier molecular flexibility index (Phi) is 5.29. The van der Waals surface area contributed by atoms with Gasteiger partial charge in [-0.05, 0) is 38.0 Å². The number of hydrogen-bond acceptors (Lipinski definition) is 4. The zero-order valence-electron chi connectivity index (χ0n) is 11.9. The number of benzene rings is 1. The van der Waals surface area contributed by atoms with Crippen molar-refractivity contribution < 1.29 is 9.53 Å². The number of hydrogen-bond donors (Lipinski definition) is 1. The maximum absolute atomic E-state index is 11.5. The van der Waals surface area contributed by atoms with Crippen molar-refractivity contribution in [3.8, 4) is 6.07 Å². The number of amides is 1. The van der Waals surface area contributed by atoms with Crippen molar-refractivity contribution in [2.75, 3.05) is 24.6 Å². The summed E-state index contributed by atoms with van der Waals surface area (Å²) in [5, 5.41) is 12.2. The van der Waals surface area contributed by atoms with E-state index in [1.165, 1.54) is 0 Å². The van der Waals surface area contributed by atoms with Crippen LogP contribution in [0.5, 0.6) is 0 Å². The zero-order chi connectivity index (χ0) is 15.2. The lowest BCUT2D eigenvalue weighted by molar-refractivity contribution is 0.146. The van der Waals surface area contributed by atoms with Gasteiger partial charge >= 0.3 is 6.09 Å². The summed E-state index contributed by atoms with van der Waals surface area (Å²) in [7, 11) is 0. The molecule has 1 aliphatic rings. The van der Waals surface area contributed by atoms with Crippen molar-refractivity contribution in [2.24, 2.45) is 0 Å². The van der Waals surface area contributed by atoms with Crippen LogP contribution in [0.2, 0.25) is 5.02 Å². The topological polar surface area (TPSA) is 65.4 Å². The molecule has 0 aliphatic carbocycles. The second-order valence-corrected chi connectivity index (χ2v) is 5.33. The van der Waals surface area contributed by atoms with Crippen molar-refractivity contribution in [3.05, 3.63) is 28.8 Å². The fourth-order valence-corrected chi connectivity index (χ4v) is 2.68. The number of rotatable bonds is 3. The van der Waals surface area contributed by atoms with Crippen LogP contribution in [-0.4, -0.2) is 31.8 Å². The number of alkyl carbamates (subject to hydrolysis) is 1. The molecule has 1 aromatic rings. The van der Waals surface area contributed by atoms with Gasteiger partial charge in [-0.3, -0.25) is 0 Å². The third-order valence-corrected chi connectivity index (χ3v) is 3.77. The minimum atomic E-state index is -0.373. The first-order chi connectivity index (χ1) is 10.1.